The van der Waals surface area contributed by atoms with Crippen LogP contribution in [0.2, 0.25) is 0 Å². The molecule has 3 atom stereocenters. The zero-order chi connectivity index (χ0) is 31.2. The number of likely N-dealkylation sites (tertiary alicyclic amines) is 1. The second-order valence-corrected chi connectivity index (χ2v) is 12.5. The van der Waals surface area contributed by atoms with Gasteiger partial charge in [0.1, 0.15) is 23.1 Å². The van der Waals surface area contributed by atoms with Crippen molar-refractivity contribution in [2.45, 2.75) is 71.2 Å². The Morgan fingerprint density at radius 2 is 1.88 bits per heavy atom. The van der Waals surface area contributed by atoms with Gasteiger partial charge >= 0.3 is 6.09 Å². The third-order valence-corrected chi connectivity index (χ3v) is 7.95. The van der Waals surface area contributed by atoms with Gasteiger partial charge in [-0.25, -0.2) is 14.8 Å². The molecule has 3 heterocycles. The third-order valence-electron chi connectivity index (χ3n) is 7.31. The molecular weight excluding hydrogens is 572 g/mol. The van der Waals surface area contributed by atoms with Gasteiger partial charge in [-0.15, -0.1) is 11.3 Å². The second kappa shape index (κ2) is 13.6. The average Bonchev–Trinajstić information content (AvgIpc) is 3.55. The summed E-state index contributed by atoms with van der Waals surface area (Å²) in [7, 11) is 1.62. The Morgan fingerprint density at radius 1 is 1.14 bits per heavy atom. The highest BCUT2D eigenvalue weighted by molar-refractivity contribution is 7.07. The van der Waals surface area contributed by atoms with Crippen molar-refractivity contribution in [2.24, 2.45) is 10.5 Å². The van der Waals surface area contributed by atoms with E-state index in [0.29, 0.717) is 19.4 Å². The first-order chi connectivity index (χ1) is 20.4. The lowest BCUT2D eigenvalue weighted by molar-refractivity contribution is -0.143. The highest BCUT2D eigenvalue weighted by Gasteiger charge is 2.54. The minimum absolute atomic E-state index is 0.101. The zero-order valence-electron chi connectivity index (χ0n) is 25.3. The Morgan fingerprint density at radius 3 is 2.53 bits per heavy atom. The molecule has 0 radical (unpaired) electrons. The van der Waals surface area contributed by atoms with Gasteiger partial charge in [0.2, 0.25) is 11.8 Å². The third kappa shape index (κ3) is 7.96. The minimum Gasteiger partial charge on any atom is -0.444 e. The van der Waals surface area contributed by atoms with E-state index in [1.807, 2.05) is 35.7 Å². The molecule has 232 valence electrons. The number of rotatable bonds is 11. The molecule has 0 bridgehead atoms. The van der Waals surface area contributed by atoms with Crippen LogP contribution in [0.25, 0.3) is 0 Å². The summed E-state index contributed by atoms with van der Waals surface area (Å²) in [4.78, 5) is 59.3. The van der Waals surface area contributed by atoms with E-state index in [0.717, 1.165) is 17.0 Å². The molecule has 1 saturated heterocycles. The smallest absolute Gasteiger partial charge is 0.408 e. The predicted octanol–water partition coefficient (Wildman–Crippen LogP) is 2.74. The summed E-state index contributed by atoms with van der Waals surface area (Å²) >= 11 is 1.44. The van der Waals surface area contributed by atoms with Crippen LogP contribution in [0, 0.1) is 5.41 Å². The van der Waals surface area contributed by atoms with Crippen LogP contribution >= 0.6 is 11.3 Å². The number of piperidine rings is 1. The zero-order valence-corrected chi connectivity index (χ0v) is 26.1. The monoisotopic (exact) mass is 612 g/mol. The average molecular weight is 613 g/mol. The Hall–Kier alpha value is -3.84. The highest BCUT2D eigenvalue weighted by atomic mass is 32.1. The number of hydrogen-bond acceptors (Lipinski definition) is 9. The number of nitrogens with one attached hydrogen (secondary N) is 2. The lowest BCUT2D eigenvalue weighted by atomic mass is 9.74. The summed E-state index contributed by atoms with van der Waals surface area (Å²) < 4.78 is 11.2. The molecule has 2 aliphatic heterocycles. The van der Waals surface area contributed by atoms with Crippen molar-refractivity contribution in [3.05, 3.63) is 52.5 Å². The quantitative estimate of drug-likeness (QED) is 0.397. The largest absolute Gasteiger partial charge is 0.444 e. The van der Waals surface area contributed by atoms with Crippen molar-refractivity contribution in [3.63, 3.8) is 0 Å². The van der Waals surface area contributed by atoms with E-state index in [1.165, 1.54) is 16.3 Å². The van der Waals surface area contributed by atoms with Gasteiger partial charge in [-0.3, -0.25) is 14.4 Å². The highest BCUT2D eigenvalue weighted by Crippen LogP contribution is 2.38. The topological polar surface area (TPSA) is 143 Å². The Balaban J connectivity index is 1.52. The first-order valence-corrected chi connectivity index (χ1v) is 15.3. The van der Waals surface area contributed by atoms with E-state index in [9.17, 15) is 19.2 Å². The molecule has 12 nitrogen and oxygen atoms in total. The number of benzene rings is 1. The van der Waals surface area contributed by atoms with Gasteiger partial charge in [-0.2, -0.15) is 5.10 Å². The molecule has 0 spiro atoms. The lowest BCUT2D eigenvalue weighted by Crippen LogP contribution is -2.61. The number of carbonyl (C=O) groups excluding carboxylic acids is 4. The van der Waals surface area contributed by atoms with Crippen molar-refractivity contribution in [1.82, 2.24) is 25.5 Å². The molecule has 2 aliphatic rings. The van der Waals surface area contributed by atoms with E-state index in [-0.39, 0.29) is 38.0 Å². The summed E-state index contributed by atoms with van der Waals surface area (Å²) in [6, 6.07) is 7.50. The van der Waals surface area contributed by atoms with Gasteiger partial charge in [-0.1, -0.05) is 37.3 Å². The maximum Gasteiger partial charge on any atom is 0.408 e. The molecular formula is C30H40N6O6S. The number of carbonyl (C=O) groups is 4. The summed E-state index contributed by atoms with van der Waals surface area (Å²) in [5.41, 5.74) is 2.35. The molecule has 2 N–H and O–H groups in total. The van der Waals surface area contributed by atoms with E-state index in [1.54, 1.807) is 45.2 Å². The fourth-order valence-corrected chi connectivity index (χ4v) is 5.80. The fraction of sp³-hybridized carbons (Fsp3) is 0.533. The molecule has 4 rings (SSSR count). The predicted molar refractivity (Wildman–Crippen MR) is 161 cm³/mol. The van der Waals surface area contributed by atoms with Crippen molar-refractivity contribution in [3.8, 4) is 0 Å². The number of nitrogens with zero attached hydrogens (tertiary/aromatic N) is 4. The summed E-state index contributed by atoms with van der Waals surface area (Å²) in [5.74, 6) is -1.11. The summed E-state index contributed by atoms with van der Waals surface area (Å²) in [5, 5.41) is 13.1. The number of ether oxygens (including phenoxy) is 2. The van der Waals surface area contributed by atoms with Crippen LogP contribution in [0.4, 0.5) is 4.79 Å². The fourth-order valence-electron chi connectivity index (χ4n) is 5.24. The summed E-state index contributed by atoms with van der Waals surface area (Å²) in [6.07, 6.45) is 0.280. The maximum absolute atomic E-state index is 14.1. The van der Waals surface area contributed by atoms with Crippen molar-refractivity contribution < 1.29 is 28.7 Å². The van der Waals surface area contributed by atoms with E-state index >= 15 is 0 Å². The Labute approximate surface area is 255 Å². The van der Waals surface area contributed by atoms with Crippen molar-refractivity contribution >= 4 is 40.9 Å². The van der Waals surface area contributed by atoms with Crippen LogP contribution in [0.3, 0.4) is 0 Å². The number of thiazole rings is 1. The number of hydrazone groups is 1. The van der Waals surface area contributed by atoms with Crippen LogP contribution < -0.4 is 10.6 Å². The van der Waals surface area contributed by atoms with Gasteiger partial charge in [0.25, 0.3) is 5.91 Å². The van der Waals surface area contributed by atoms with E-state index in [2.05, 4.69) is 20.7 Å². The molecule has 43 heavy (non-hydrogen) atoms. The summed E-state index contributed by atoms with van der Waals surface area (Å²) in [6.45, 7) is 7.51. The number of hydrogen-bond donors (Lipinski definition) is 2. The van der Waals surface area contributed by atoms with Gasteiger partial charge in [0.15, 0.2) is 0 Å². The standard InChI is InChI=1S/C30H40N6O6S/c1-6-22(33-28(40)42-29(2,3)4)25(37)32-23(16-41-15-20-10-8-7-9-11-20)26(38)36-13-12-24-30(18-36,27(39)35(5)34-24)14-21-17-43-19-31-21/h7-11,17,19,22-23H,6,12-16,18H2,1-5H3,(H,32,37)(H,33,40)/t22-,23+,30+/m0/s1. The number of amides is 4. The molecule has 0 aliphatic carbocycles. The van der Waals surface area contributed by atoms with Gasteiger partial charge in [-0.05, 0) is 32.8 Å². The van der Waals surface area contributed by atoms with Crippen LogP contribution in [-0.2, 0) is 36.9 Å². The van der Waals surface area contributed by atoms with Crippen molar-refractivity contribution in [2.75, 3.05) is 26.7 Å². The first kappa shape index (κ1) is 32.1. The van der Waals surface area contributed by atoms with Crippen LogP contribution in [-0.4, -0.2) is 88.8 Å². The molecule has 2 aromatic rings. The number of fused-ring (bicyclic) bond motifs is 1. The molecule has 1 aromatic heterocycles. The molecule has 4 amide bonds. The molecule has 0 saturated carbocycles. The van der Waals surface area contributed by atoms with Gasteiger partial charge < -0.3 is 25.0 Å². The molecule has 0 unspecified atom stereocenters. The number of aromatic nitrogens is 1. The number of alkyl carbamates (subject to hydrolysis) is 1. The van der Waals surface area contributed by atoms with Crippen LogP contribution in [0.5, 0.6) is 0 Å². The normalized spacial score (nSPS) is 19.7. The maximum atomic E-state index is 14.1. The molecule has 1 fully saturated rings. The van der Waals surface area contributed by atoms with E-state index in [4.69, 9.17) is 9.47 Å². The van der Waals surface area contributed by atoms with Crippen molar-refractivity contribution in [1.29, 1.82) is 0 Å². The second-order valence-electron chi connectivity index (χ2n) is 11.8. The Kier molecular flexibility index (Phi) is 10.2. The molecule has 13 heteroatoms. The van der Waals surface area contributed by atoms with Gasteiger partial charge in [0.05, 0.1) is 30.1 Å². The van der Waals surface area contributed by atoms with Gasteiger partial charge in [0, 0.05) is 38.4 Å². The lowest BCUT2D eigenvalue weighted by Gasteiger charge is -2.40. The minimum atomic E-state index is -1.06. The SMILES string of the molecule is CC[C@H](NC(=O)OC(C)(C)C)C(=O)N[C@H](COCc1ccccc1)C(=O)N1CCC2=NN(C)C(=O)[C@]2(Cc2cscn2)C1. The first-order valence-electron chi connectivity index (χ1n) is 14.4. The Bertz CT molecular complexity index is 1330. The molecule has 1 aromatic carbocycles. The van der Waals surface area contributed by atoms with Crippen LogP contribution in [0.15, 0.2) is 46.3 Å². The van der Waals surface area contributed by atoms with Crippen LogP contribution in [0.1, 0.15) is 51.8 Å². The van der Waals surface area contributed by atoms with E-state index < -0.39 is 35.1 Å².